The fourth-order valence-corrected chi connectivity index (χ4v) is 3.64. The van der Waals surface area contributed by atoms with Crippen LogP contribution in [0.15, 0.2) is 24.3 Å². The molecule has 1 heterocycles. The highest BCUT2D eigenvalue weighted by Gasteiger charge is 2.46. The summed E-state index contributed by atoms with van der Waals surface area (Å²) in [5, 5.41) is 0. The lowest BCUT2D eigenvalue weighted by molar-refractivity contribution is -0.0299. The van der Waals surface area contributed by atoms with Crippen LogP contribution in [0.2, 0.25) is 0 Å². The number of ether oxygens (including phenoxy) is 1. The second kappa shape index (κ2) is 4.02. The van der Waals surface area contributed by atoms with Gasteiger partial charge in [-0.25, -0.2) is 0 Å². The zero-order valence-electron chi connectivity index (χ0n) is 10.5. The van der Waals surface area contributed by atoms with Gasteiger partial charge in [-0.3, -0.25) is 0 Å². The Labute approximate surface area is 103 Å². The molecular weight excluding hydrogens is 210 g/mol. The lowest BCUT2D eigenvalue weighted by Crippen LogP contribution is -2.23. The van der Waals surface area contributed by atoms with Crippen LogP contribution in [0, 0.1) is 0 Å². The second-order valence-electron chi connectivity index (χ2n) is 5.65. The quantitative estimate of drug-likeness (QED) is 0.751. The van der Waals surface area contributed by atoms with E-state index in [2.05, 4.69) is 19.1 Å². The number of hydrogen-bond donors (Lipinski definition) is 1. The summed E-state index contributed by atoms with van der Waals surface area (Å²) in [6, 6.07) is 8.25. The maximum atomic E-state index is 6.28. The van der Waals surface area contributed by atoms with Crippen LogP contribution in [-0.4, -0.2) is 11.7 Å². The van der Waals surface area contributed by atoms with Crippen LogP contribution in [0.4, 0.5) is 5.69 Å². The first-order chi connectivity index (χ1) is 8.20. The molecule has 0 amide bonds. The topological polar surface area (TPSA) is 35.2 Å². The lowest BCUT2D eigenvalue weighted by atomic mass is 9.85. The molecule has 1 aliphatic carbocycles. The average Bonchev–Trinajstić information content (AvgIpc) is 2.88. The summed E-state index contributed by atoms with van der Waals surface area (Å²) < 4.78 is 6.28. The van der Waals surface area contributed by atoms with Gasteiger partial charge < -0.3 is 10.5 Å². The van der Waals surface area contributed by atoms with E-state index in [9.17, 15) is 0 Å². The average molecular weight is 231 g/mol. The molecule has 92 valence electrons. The predicted octanol–water partition coefficient (Wildman–Crippen LogP) is 3.47. The Morgan fingerprint density at radius 1 is 1.24 bits per heavy atom. The van der Waals surface area contributed by atoms with E-state index in [1.807, 2.05) is 12.1 Å². The van der Waals surface area contributed by atoms with Crippen LogP contribution >= 0.6 is 0 Å². The highest BCUT2D eigenvalue weighted by atomic mass is 16.5. The number of benzene rings is 1. The van der Waals surface area contributed by atoms with Crippen molar-refractivity contribution in [2.45, 2.75) is 56.7 Å². The van der Waals surface area contributed by atoms with E-state index in [0.717, 1.165) is 12.1 Å². The van der Waals surface area contributed by atoms with Gasteiger partial charge in [-0.2, -0.15) is 0 Å². The van der Waals surface area contributed by atoms with Crippen molar-refractivity contribution >= 4 is 5.69 Å². The van der Waals surface area contributed by atoms with Crippen molar-refractivity contribution in [3.05, 3.63) is 29.8 Å². The van der Waals surface area contributed by atoms with Crippen LogP contribution in [0.5, 0.6) is 0 Å². The van der Waals surface area contributed by atoms with Gasteiger partial charge in [0, 0.05) is 11.6 Å². The molecule has 3 rings (SSSR count). The standard InChI is InChI=1S/C15H21NO/c1-11-13(12-6-2-3-7-14(12)16)10-15(17-11)8-4-5-9-15/h2-3,6-7,11,13H,4-5,8-10,16H2,1H3. The van der Waals surface area contributed by atoms with E-state index in [0.29, 0.717) is 12.0 Å². The van der Waals surface area contributed by atoms with Crippen molar-refractivity contribution in [3.63, 3.8) is 0 Å². The van der Waals surface area contributed by atoms with Gasteiger partial charge in [0.1, 0.15) is 0 Å². The molecule has 1 aromatic rings. The number of nitrogens with two attached hydrogens (primary N) is 1. The molecule has 2 N–H and O–H groups in total. The van der Waals surface area contributed by atoms with E-state index >= 15 is 0 Å². The first-order valence-corrected chi connectivity index (χ1v) is 6.72. The molecule has 0 radical (unpaired) electrons. The number of hydrogen-bond acceptors (Lipinski definition) is 2. The first kappa shape index (κ1) is 11.1. The van der Waals surface area contributed by atoms with Gasteiger partial charge in [-0.1, -0.05) is 31.0 Å². The van der Waals surface area contributed by atoms with E-state index in [4.69, 9.17) is 10.5 Å². The minimum Gasteiger partial charge on any atom is -0.398 e. The van der Waals surface area contributed by atoms with Crippen molar-refractivity contribution in [2.75, 3.05) is 5.73 Å². The van der Waals surface area contributed by atoms with Crippen LogP contribution in [0.1, 0.15) is 50.5 Å². The van der Waals surface area contributed by atoms with E-state index in [1.165, 1.54) is 31.2 Å². The predicted molar refractivity (Wildman–Crippen MR) is 70.0 cm³/mol. The molecule has 1 aromatic carbocycles. The van der Waals surface area contributed by atoms with Crippen LogP contribution < -0.4 is 5.73 Å². The summed E-state index contributed by atoms with van der Waals surface area (Å²) in [5.41, 5.74) is 8.47. The van der Waals surface area contributed by atoms with Crippen LogP contribution in [-0.2, 0) is 4.74 Å². The highest BCUT2D eigenvalue weighted by molar-refractivity contribution is 5.49. The van der Waals surface area contributed by atoms with Gasteiger partial charge in [0.05, 0.1) is 11.7 Å². The van der Waals surface area contributed by atoms with Crippen molar-refractivity contribution in [3.8, 4) is 0 Å². The normalized spacial score (nSPS) is 31.1. The van der Waals surface area contributed by atoms with Crippen molar-refractivity contribution in [2.24, 2.45) is 0 Å². The van der Waals surface area contributed by atoms with Gasteiger partial charge in [-0.05, 0) is 37.8 Å². The Bertz CT molecular complexity index is 409. The number of rotatable bonds is 1. The van der Waals surface area contributed by atoms with Gasteiger partial charge in [0.2, 0.25) is 0 Å². The Hall–Kier alpha value is -1.02. The highest BCUT2D eigenvalue weighted by Crippen LogP contribution is 2.50. The summed E-state index contributed by atoms with van der Waals surface area (Å²) in [7, 11) is 0. The minimum absolute atomic E-state index is 0.173. The van der Waals surface area contributed by atoms with Crippen molar-refractivity contribution < 1.29 is 4.74 Å². The summed E-state index contributed by atoms with van der Waals surface area (Å²) in [5.74, 6) is 0.481. The zero-order valence-corrected chi connectivity index (χ0v) is 10.5. The molecule has 17 heavy (non-hydrogen) atoms. The Balaban J connectivity index is 1.87. The molecule has 1 saturated heterocycles. The van der Waals surface area contributed by atoms with Crippen molar-refractivity contribution in [1.82, 2.24) is 0 Å². The largest absolute Gasteiger partial charge is 0.398 e. The number of nitrogen functional groups attached to an aromatic ring is 1. The first-order valence-electron chi connectivity index (χ1n) is 6.72. The van der Waals surface area contributed by atoms with Gasteiger partial charge >= 0.3 is 0 Å². The van der Waals surface area contributed by atoms with Gasteiger partial charge in [-0.15, -0.1) is 0 Å². The molecule has 0 bridgehead atoms. The molecule has 1 saturated carbocycles. The molecule has 2 nitrogen and oxygen atoms in total. The summed E-state index contributed by atoms with van der Waals surface area (Å²) in [4.78, 5) is 0. The monoisotopic (exact) mass is 231 g/mol. The van der Waals surface area contributed by atoms with E-state index in [1.54, 1.807) is 0 Å². The third-order valence-electron chi connectivity index (χ3n) is 4.50. The van der Waals surface area contributed by atoms with E-state index < -0.39 is 0 Å². The Morgan fingerprint density at radius 3 is 2.65 bits per heavy atom. The number of anilines is 1. The third-order valence-corrected chi connectivity index (χ3v) is 4.50. The van der Waals surface area contributed by atoms with Crippen LogP contribution in [0.25, 0.3) is 0 Å². The van der Waals surface area contributed by atoms with Gasteiger partial charge in [0.15, 0.2) is 0 Å². The molecule has 1 aliphatic heterocycles. The summed E-state index contributed by atoms with van der Waals surface area (Å²) >= 11 is 0. The Morgan fingerprint density at radius 2 is 1.94 bits per heavy atom. The van der Waals surface area contributed by atoms with Gasteiger partial charge in [0.25, 0.3) is 0 Å². The maximum Gasteiger partial charge on any atom is 0.0693 e. The van der Waals surface area contributed by atoms with Crippen molar-refractivity contribution in [1.29, 1.82) is 0 Å². The molecule has 2 aliphatic rings. The molecular formula is C15H21NO. The SMILES string of the molecule is CC1OC2(CCCC2)CC1c1ccccc1N. The molecule has 2 heteroatoms. The minimum atomic E-state index is 0.173. The second-order valence-corrected chi connectivity index (χ2v) is 5.65. The lowest BCUT2D eigenvalue weighted by Gasteiger charge is -2.22. The fraction of sp³-hybridized carbons (Fsp3) is 0.600. The maximum absolute atomic E-state index is 6.28. The smallest absolute Gasteiger partial charge is 0.0693 e. The Kier molecular flexibility index (Phi) is 2.62. The summed E-state index contributed by atoms with van der Waals surface area (Å²) in [6.45, 7) is 2.20. The molecule has 2 unspecified atom stereocenters. The molecule has 1 spiro atoms. The summed E-state index contributed by atoms with van der Waals surface area (Å²) in [6.07, 6.45) is 6.58. The van der Waals surface area contributed by atoms with E-state index in [-0.39, 0.29) is 5.60 Å². The zero-order chi connectivity index (χ0) is 11.9. The molecule has 0 aromatic heterocycles. The molecule has 2 atom stereocenters. The third kappa shape index (κ3) is 1.85. The number of para-hydroxylation sites is 1. The molecule has 2 fully saturated rings. The fourth-order valence-electron chi connectivity index (χ4n) is 3.64. The van der Waals surface area contributed by atoms with Crippen LogP contribution in [0.3, 0.4) is 0 Å².